The van der Waals surface area contributed by atoms with Crippen molar-refractivity contribution < 1.29 is 27.5 Å². The molecular weight excluding hydrogens is 409 g/mol. The summed E-state index contributed by atoms with van der Waals surface area (Å²) in [4.78, 5) is 20.8. The van der Waals surface area contributed by atoms with E-state index in [0.29, 0.717) is 29.3 Å². The van der Waals surface area contributed by atoms with Gasteiger partial charge >= 0.3 is 12.3 Å². The number of alkyl halides is 3. The monoisotopic (exact) mass is 432 g/mol. The van der Waals surface area contributed by atoms with Gasteiger partial charge in [0.2, 0.25) is 0 Å². The number of benzene rings is 1. The average molecular weight is 433 g/mol. The lowest BCUT2D eigenvalue weighted by Gasteiger charge is -2.28. The SMILES string of the molecule is CCc1nc(CC)n(-c2ccc(CC(C)(C)C(F)(F)F)c(OC)c2)c1Cl.O=C=O. The molecule has 0 fully saturated rings. The first-order valence-electron chi connectivity index (χ1n) is 8.96. The van der Waals surface area contributed by atoms with Gasteiger partial charge in [0.05, 0.1) is 23.9 Å². The molecule has 0 saturated carbocycles. The number of aryl methyl sites for hydroxylation is 2. The molecule has 0 spiro atoms. The summed E-state index contributed by atoms with van der Waals surface area (Å²) in [5, 5.41) is 0.523. The lowest BCUT2D eigenvalue weighted by atomic mass is 9.84. The van der Waals surface area contributed by atoms with Gasteiger partial charge in [-0.1, -0.05) is 45.4 Å². The summed E-state index contributed by atoms with van der Waals surface area (Å²) in [6.45, 7) is 6.33. The fourth-order valence-corrected chi connectivity index (χ4v) is 3.18. The second kappa shape index (κ2) is 9.94. The average Bonchev–Trinajstić information content (AvgIpc) is 2.97. The van der Waals surface area contributed by atoms with Gasteiger partial charge < -0.3 is 4.74 Å². The summed E-state index contributed by atoms with van der Waals surface area (Å²) in [7, 11) is 1.46. The lowest BCUT2D eigenvalue weighted by molar-refractivity contribution is -0.211. The third kappa shape index (κ3) is 5.61. The van der Waals surface area contributed by atoms with Crippen molar-refractivity contribution in [2.24, 2.45) is 5.41 Å². The van der Waals surface area contributed by atoms with Crippen molar-refractivity contribution in [2.45, 2.75) is 53.1 Å². The van der Waals surface area contributed by atoms with Crippen LogP contribution in [-0.4, -0.2) is 29.0 Å². The molecule has 0 N–H and O–H groups in total. The van der Waals surface area contributed by atoms with Gasteiger partial charge in [0.25, 0.3) is 0 Å². The van der Waals surface area contributed by atoms with Gasteiger partial charge in [0.1, 0.15) is 16.7 Å². The first kappa shape index (κ1) is 24.7. The molecular formula is C20H24ClF3N2O3. The van der Waals surface area contributed by atoms with Gasteiger partial charge in [0.15, 0.2) is 0 Å². The summed E-state index contributed by atoms with van der Waals surface area (Å²) in [6.07, 6.45) is -2.83. The Hall–Kier alpha value is -2.31. The Labute approximate surface area is 172 Å². The highest BCUT2D eigenvalue weighted by molar-refractivity contribution is 6.30. The van der Waals surface area contributed by atoms with Crippen LogP contribution in [0.5, 0.6) is 5.75 Å². The zero-order valence-corrected chi connectivity index (χ0v) is 17.7. The quantitative estimate of drug-likeness (QED) is 0.629. The van der Waals surface area contributed by atoms with Gasteiger partial charge in [0, 0.05) is 12.5 Å². The van der Waals surface area contributed by atoms with Crippen LogP contribution in [0.3, 0.4) is 0 Å². The van der Waals surface area contributed by atoms with E-state index in [4.69, 9.17) is 25.9 Å². The Morgan fingerprint density at radius 2 is 1.76 bits per heavy atom. The van der Waals surface area contributed by atoms with Crippen molar-refractivity contribution in [1.82, 2.24) is 9.55 Å². The van der Waals surface area contributed by atoms with Crippen molar-refractivity contribution in [3.8, 4) is 11.4 Å². The first-order valence-corrected chi connectivity index (χ1v) is 9.34. The molecule has 0 amide bonds. The molecule has 0 atom stereocenters. The largest absolute Gasteiger partial charge is 0.496 e. The molecule has 29 heavy (non-hydrogen) atoms. The minimum Gasteiger partial charge on any atom is -0.496 e. The summed E-state index contributed by atoms with van der Waals surface area (Å²) in [6, 6.07) is 5.15. The Morgan fingerprint density at radius 3 is 2.21 bits per heavy atom. The smallest absolute Gasteiger partial charge is 0.394 e. The van der Waals surface area contributed by atoms with Crippen LogP contribution in [0.25, 0.3) is 5.69 Å². The molecule has 2 aromatic rings. The molecule has 9 heteroatoms. The maximum Gasteiger partial charge on any atom is 0.394 e. The number of ether oxygens (including phenoxy) is 1. The van der Waals surface area contributed by atoms with E-state index in [1.165, 1.54) is 21.0 Å². The summed E-state index contributed by atoms with van der Waals surface area (Å²) in [5.74, 6) is 1.21. The summed E-state index contributed by atoms with van der Waals surface area (Å²) in [5.41, 5.74) is 0.177. The number of rotatable bonds is 6. The zero-order chi connectivity index (χ0) is 22.4. The van der Waals surface area contributed by atoms with E-state index >= 15 is 0 Å². The Morgan fingerprint density at radius 1 is 1.17 bits per heavy atom. The second-order valence-electron chi connectivity index (χ2n) is 6.95. The van der Waals surface area contributed by atoms with Crippen LogP contribution in [-0.2, 0) is 28.9 Å². The Balaban J connectivity index is 0.00000132. The second-order valence-corrected chi connectivity index (χ2v) is 7.30. The van der Waals surface area contributed by atoms with E-state index < -0.39 is 11.6 Å². The first-order chi connectivity index (χ1) is 13.5. The predicted octanol–water partition coefficient (Wildman–Crippen LogP) is 5.21. The zero-order valence-electron chi connectivity index (χ0n) is 17.0. The lowest BCUT2D eigenvalue weighted by Crippen LogP contribution is -2.34. The highest BCUT2D eigenvalue weighted by Gasteiger charge is 2.47. The van der Waals surface area contributed by atoms with Gasteiger partial charge in [-0.05, 0) is 24.5 Å². The minimum absolute atomic E-state index is 0.168. The van der Waals surface area contributed by atoms with Gasteiger partial charge in [-0.3, -0.25) is 4.57 Å². The van der Waals surface area contributed by atoms with E-state index in [1.54, 1.807) is 18.2 Å². The molecule has 0 aliphatic rings. The fourth-order valence-electron chi connectivity index (χ4n) is 2.81. The molecule has 0 bridgehead atoms. The van der Waals surface area contributed by atoms with Crippen molar-refractivity contribution in [3.05, 3.63) is 40.4 Å². The third-order valence-corrected chi connectivity index (χ3v) is 4.92. The van der Waals surface area contributed by atoms with Gasteiger partial charge in [-0.2, -0.15) is 22.8 Å². The van der Waals surface area contributed by atoms with Crippen LogP contribution < -0.4 is 4.74 Å². The Bertz CT molecular complexity index is 871. The number of carbonyl (C=O) groups excluding carboxylic acids is 2. The fraction of sp³-hybridized carbons (Fsp3) is 0.500. The molecule has 0 radical (unpaired) electrons. The molecule has 0 aliphatic carbocycles. The number of aromatic nitrogens is 2. The van der Waals surface area contributed by atoms with Crippen molar-refractivity contribution in [1.29, 1.82) is 0 Å². The van der Waals surface area contributed by atoms with E-state index in [0.717, 1.165) is 17.2 Å². The van der Waals surface area contributed by atoms with Crippen LogP contribution in [0, 0.1) is 5.41 Å². The van der Waals surface area contributed by atoms with Crippen molar-refractivity contribution >= 4 is 17.8 Å². The maximum absolute atomic E-state index is 13.2. The third-order valence-electron chi connectivity index (χ3n) is 4.54. The van der Waals surface area contributed by atoms with Crippen molar-refractivity contribution in [3.63, 3.8) is 0 Å². The van der Waals surface area contributed by atoms with Crippen LogP contribution in [0.4, 0.5) is 13.2 Å². The van der Waals surface area contributed by atoms with E-state index in [2.05, 4.69) is 4.98 Å². The Kier molecular flexibility index (Phi) is 8.48. The van der Waals surface area contributed by atoms with Crippen LogP contribution >= 0.6 is 11.6 Å². The molecule has 160 valence electrons. The number of hydrogen-bond donors (Lipinski definition) is 0. The number of hydrogen-bond acceptors (Lipinski definition) is 4. The van der Waals surface area contributed by atoms with E-state index in [9.17, 15) is 13.2 Å². The molecule has 1 aromatic carbocycles. The van der Waals surface area contributed by atoms with Crippen LogP contribution in [0.15, 0.2) is 18.2 Å². The van der Waals surface area contributed by atoms with Gasteiger partial charge in [-0.15, -0.1) is 0 Å². The molecule has 5 nitrogen and oxygen atoms in total. The molecule has 1 heterocycles. The molecule has 1 aromatic heterocycles. The summed E-state index contributed by atoms with van der Waals surface area (Å²) >= 11 is 6.46. The summed E-state index contributed by atoms with van der Waals surface area (Å²) < 4.78 is 46.9. The number of imidazole rings is 1. The number of halogens is 4. The van der Waals surface area contributed by atoms with Crippen LogP contribution in [0.1, 0.15) is 44.8 Å². The predicted molar refractivity (Wildman–Crippen MR) is 102 cm³/mol. The van der Waals surface area contributed by atoms with E-state index in [1.807, 2.05) is 18.4 Å². The topological polar surface area (TPSA) is 61.2 Å². The number of methoxy groups -OCH3 is 1. The number of nitrogens with zero attached hydrogens (tertiary/aromatic N) is 2. The minimum atomic E-state index is -4.30. The molecule has 0 aliphatic heterocycles. The highest BCUT2D eigenvalue weighted by atomic mass is 35.5. The maximum atomic E-state index is 13.2. The molecule has 0 saturated heterocycles. The molecule has 2 rings (SSSR count). The van der Waals surface area contributed by atoms with Gasteiger partial charge in [-0.25, -0.2) is 4.98 Å². The normalized spacial score (nSPS) is 11.5. The van der Waals surface area contributed by atoms with Crippen LogP contribution in [0.2, 0.25) is 5.15 Å². The standard InChI is InChI=1S/C19H24ClF3N2O.CO2/c1-6-14-17(20)25(16(7-2)24-14)13-9-8-12(15(10-13)26-5)11-18(3,4)19(21,22)23;2-1-3/h8-10H,6-7,11H2,1-5H3;. The molecule has 0 unspecified atom stereocenters. The van der Waals surface area contributed by atoms with Crippen molar-refractivity contribution in [2.75, 3.05) is 7.11 Å². The highest BCUT2D eigenvalue weighted by Crippen LogP contribution is 2.42. The van der Waals surface area contributed by atoms with E-state index in [-0.39, 0.29) is 12.6 Å².